The van der Waals surface area contributed by atoms with Crippen molar-refractivity contribution < 1.29 is 24.3 Å². The zero-order chi connectivity index (χ0) is 29.6. The Balaban J connectivity index is 1.17. The van der Waals surface area contributed by atoms with Crippen LogP contribution in [0.3, 0.4) is 0 Å². The van der Waals surface area contributed by atoms with E-state index in [4.69, 9.17) is 0 Å². The molecule has 0 spiro atoms. The van der Waals surface area contributed by atoms with Crippen molar-refractivity contribution in [2.75, 3.05) is 29.5 Å². The van der Waals surface area contributed by atoms with Crippen molar-refractivity contribution in [1.82, 2.24) is 30.0 Å². The molecule has 2 aliphatic rings. The summed E-state index contributed by atoms with van der Waals surface area (Å²) in [5, 5.41) is 23.3. The van der Waals surface area contributed by atoms with E-state index in [1.807, 2.05) is 6.92 Å². The van der Waals surface area contributed by atoms with E-state index >= 15 is 0 Å². The number of para-hydroxylation sites is 2. The molecule has 0 radical (unpaired) electrons. The number of nitrogens with zero attached hydrogens (tertiary/aromatic N) is 5. The summed E-state index contributed by atoms with van der Waals surface area (Å²) in [6, 6.07) is 8.51. The number of H-pyrrole nitrogens is 1. The fourth-order valence-corrected chi connectivity index (χ4v) is 9.42. The molecule has 42 heavy (non-hydrogen) atoms. The summed E-state index contributed by atoms with van der Waals surface area (Å²) in [5.74, 6) is -1.44. The molecular formula is C25H23N7O6S4. The van der Waals surface area contributed by atoms with Gasteiger partial charge in [-0.05, 0) is 36.6 Å². The lowest BCUT2D eigenvalue weighted by molar-refractivity contribution is -0.156. The van der Waals surface area contributed by atoms with Gasteiger partial charge in [-0.25, -0.2) is 14.2 Å². The fraction of sp³-hybridized carbons (Fsp3) is 0.320. The monoisotopic (exact) mass is 645 g/mol. The molecule has 3 aromatic heterocycles. The quantitative estimate of drug-likeness (QED) is 0.191. The van der Waals surface area contributed by atoms with E-state index in [-0.39, 0.29) is 24.0 Å². The number of aryl methyl sites for hydroxylation is 1. The molecule has 0 saturated carbocycles. The van der Waals surface area contributed by atoms with Gasteiger partial charge in [0.25, 0.3) is 0 Å². The van der Waals surface area contributed by atoms with Gasteiger partial charge in [-0.2, -0.15) is 0 Å². The Morgan fingerprint density at radius 3 is 2.74 bits per heavy atom. The third kappa shape index (κ3) is 4.99. The number of hydrogen-bond acceptors (Lipinski definition) is 11. The second-order valence-electron chi connectivity index (χ2n) is 9.73. The number of β-lactam (4-membered cyclic amide) rings is 1. The average molecular weight is 646 g/mol. The van der Waals surface area contributed by atoms with Gasteiger partial charge < -0.3 is 20.3 Å². The van der Waals surface area contributed by atoms with Crippen LogP contribution in [0.4, 0.5) is 9.80 Å². The summed E-state index contributed by atoms with van der Waals surface area (Å²) >= 11 is 5.28. The van der Waals surface area contributed by atoms with Crippen LogP contribution in [0.2, 0.25) is 0 Å². The van der Waals surface area contributed by atoms with Crippen LogP contribution in [-0.4, -0.2) is 89.6 Å². The molecule has 3 atom stereocenters. The summed E-state index contributed by atoms with van der Waals surface area (Å²) in [7, 11) is 0. The minimum atomic E-state index is -1.19. The Labute approximate surface area is 254 Å². The predicted octanol–water partition coefficient (Wildman–Crippen LogP) is 2.29. The number of aromatic nitrogens is 4. The molecule has 17 heteroatoms. The second kappa shape index (κ2) is 11.2. The molecule has 3 N–H and O–H groups in total. The van der Waals surface area contributed by atoms with Crippen LogP contribution in [0.25, 0.3) is 11.0 Å². The number of carboxylic acid groups (broad SMARTS) is 1. The topological polar surface area (TPSA) is 171 Å². The number of carbonyl (C=O) groups is 4. The molecule has 218 valence electrons. The Hall–Kier alpha value is -3.67. The highest BCUT2D eigenvalue weighted by Gasteiger charge is 2.59. The zero-order valence-corrected chi connectivity index (χ0v) is 25.1. The average Bonchev–Trinajstić information content (AvgIpc) is 3.73. The first kappa shape index (κ1) is 28.4. The zero-order valence-electron chi connectivity index (χ0n) is 21.9. The van der Waals surface area contributed by atoms with Crippen molar-refractivity contribution in [2.24, 2.45) is 5.41 Å². The van der Waals surface area contributed by atoms with Crippen molar-refractivity contribution >= 4 is 86.0 Å². The lowest BCUT2D eigenvalue weighted by atomic mass is 9.89. The Bertz CT molecular complexity index is 1750. The summed E-state index contributed by atoms with van der Waals surface area (Å²) in [6.07, 6.45) is 0. The van der Waals surface area contributed by atoms with Crippen LogP contribution in [0.1, 0.15) is 5.01 Å². The number of thiophene rings is 1. The highest BCUT2D eigenvalue weighted by atomic mass is 32.2. The van der Waals surface area contributed by atoms with Gasteiger partial charge in [0.1, 0.15) is 21.8 Å². The van der Waals surface area contributed by atoms with Crippen molar-refractivity contribution in [3.8, 4) is 0 Å². The van der Waals surface area contributed by atoms with Gasteiger partial charge in [-0.1, -0.05) is 35.2 Å². The third-order valence-corrected chi connectivity index (χ3v) is 11.7. The summed E-state index contributed by atoms with van der Waals surface area (Å²) < 4.78 is 1.58. The van der Waals surface area contributed by atoms with E-state index in [0.717, 1.165) is 9.57 Å². The first-order chi connectivity index (χ1) is 20.2. The Kier molecular flexibility index (Phi) is 7.59. The van der Waals surface area contributed by atoms with Crippen molar-refractivity contribution in [3.63, 3.8) is 0 Å². The number of benzene rings is 1. The SMILES string of the molecule is Cc1nnc(SCC2(C(=O)O)CS[C@@H]3C(N(C(=O)CNC(=O)n4c(=O)[nH]c5ccccc54)c4cccs4)C(=O)N3C2)s1. The smallest absolute Gasteiger partial charge is 0.334 e. The summed E-state index contributed by atoms with van der Waals surface area (Å²) in [4.78, 5) is 70.3. The number of fused-ring (bicyclic) bond motifs is 2. The summed E-state index contributed by atoms with van der Waals surface area (Å²) in [6.45, 7) is 1.37. The minimum absolute atomic E-state index is 0.00675. The largest absolute Gasteiger partial charge is 0.481 e. The first-order valence-electron chi connectivity index (χ1n) is 12.6. The van der Waals surface area contributed by atoms with Crippen molar-refractivity contribution in [3.05, 3.63) is 57.3 Å². The lowest BCUT2D eigenvalue weighted by Crippen LogP contribution is -2.75. The van der Waals surface area contributed by atoms with Gasteiger partial charge in [-0.3, -0.25) is 19.3 Å². The molecule has 2 fully saturated rings. The van der Waals surface area contributed by atoms with Gasteiger partial charge in [0, 0.05) is 18.1 Å². The van der Waals surface area contributed by atoms with E-state index in [0.29, 0.717) is 20.4 Å². The maximum Gasteiger partial charge on any atom is 0.334 e. The number of thioether (sulfide) groups is 2. The number of anilines is 1. The van der Waals surface area contributed by atoms with E-state index in [1.165, 1.54) is 56.0 Å². The number of carbonyl (C=O) groups excluding carboxylic acids is 3. The molecule has 2 saturated heterocycles. The highest BCUT2D eigenvalue weighted by molar-refractivity contribution is 8.01. The number of imidazole rings is 1. The van der Waals surface area contributed by atoms with Crippen LogP contribution < -0.4 is 15.9 Å². The Morgan fingerprint density at radius 1 is 1.21 bits per heavy atom. The van der Waals surface area contributed by atoms with Gasteiger partial charge in [0.05, 0.1) is 22.6 Å². The van der Waals surface area contributed by atoms with E-state index in [9.17, 15) is 29.1 Å². The first-order valence-corrected chi connectivity index (χ1v) is 16.3. The van der Waals surface area contributed by atoms with Crippen LogP contribution in [0.15, 0.2) is 50.9 Å². The van der Waals surface area contributed by atoms with Gasteiger partial charge >= 0.3 is 17.7 Å². The van der Waals surface area contributed by atoms with Crippen molar-refractivity contribution in [1.29, 1.82) is 0 Å². The third-order valence-electron chi connectivity index (χ3n) is 7.02. The second-order valence-corrected chi connectivity index (χ2v) is 14.2. The predicted molar refractivity (Wildman–Crippen MR) is 160 cm³/mol. The molecule has 13 nitrogen and oxygen atoms in total. The molecule has 2 aliphatic heterocycles. The fourth-order valence-electron chi connectivity index (χ4n) is 4.92. The number of amides is 3. The standard InChI is InChI=1S/C25H23N7O6S4/c1-13-28-29-24(42-13)41-12-25(21(35)36)10-30-19(34)18(20(30)40-11-25)32(17-7-4-8-39-17)16(33)9-26-22(37)31-15-6-3-2-5-14(15)27-23(31)38/h2-8,18,20H,9-12H2,1H3,(H,26,37)(H,27,38)(H,35,36)/t18?,20-,25?/m1/s1. The number of rotatable bonds is 8. The molecule has 1 aromatic carbocycles. The molecule has 4 aromatic rings. The molecule has 3 amide bonds. The number of nitrogens with one attached hydrogen (secondary N) is 2. The molecule has 6 rings (SSSR count). The van der Waals surface area contributed by atoms with Crippen LogP contribution in [0.5, 0.6) is 0 Å². The molecule has 5 heterocycles. The lowest BCUT2D eigenvalue weighted by Gasteiger charge is -2.56. The maximum atomic E-state index is 13.5. The van der Waals surface area contributed by atoms with E-state index in [2.05, 4.69) is 20.5 Å². The van der Waals surface area contributed by atoms with Crippen LogP contribution >= 0.6 is 46.2 Å². The minimum Gasteiger partial charge on any atom is -0.481 e. The normalized spacial score (nSPS) is 21.5. The molecule has 2 unspecified atom stereocenters. The summed E-state index contributed by atoms with van der Waals surface area (Å²) in [5.41, 5.74) is -0.981. The van der Waals surface area contributed by atoms with Crippen molar-refractivity contribution in [2.45, 2.75) is 22.7 Å². The highest BCUT2D eigenvalue weighted by Crippen LogP contribution is 2.47. The Morgan fingerprint density at radius 2 is 2.02 bits per heavy atom. The number of hydrogen-bond donors (Lipinski definition) is 3. The van der Waals surface area contributed by atoms with Crippen LogP contribution in [-0.2, 0) is 14.4 Å². The number of carboxylic acids is 1. The van der Waals surface area contributed by atoms with Gasteiger partial charge in [0.2, 0.25) is 11.8 Å². The van der Waals surface area contributed by atoms with Gasteiger partial charge in [0.15, 0.2) is 4.34 Å². The molecule has 0 bridgehead atoms. The van der Waals surface area contributed by atoms with E-state index < -0.39 is 47.0 Å². The number of aromatic amines is 1. The maximum absolute atomic E-state index is 13.5. The number of aliphatic carboxylic acids is 1. The van der Waals surface area contributed by atoms with E-state index in [1.54, 1.807) is 41.8 Å². The van der Waals surface area contributed by atoms with Crippen LogP contribution in [0, 0.1) is 12.3 Å². The molecular weight excluding hydrogens is 623 g/mol. The molecule has 0 aliphatic carbocycles. The van der Waals surface area contributed by atoms with Gasteiger partial charge in [-0.15, -0.1) is 33.3 Å².